The van der Waals surface area contributed by atoms with Gasteiger partial charge < -0.3 is 10.1 Å². The highest BCUT2D eigenvalue weighted by Crippen LogP contribution is 2.18. The average molecular weight is 305 g/mol. The fourth-order valence-corrected chi connectivity index (χ4v) is 2.00. The van der Waals surface area contributed by atoms with Gasteiger partial charge in [0.25, 0.3) is 5.91 Å². The van der Waals surface area contributed by atoms with Crippen LogP contribution in [0, 0.1) is 0 Å². The van der Waals surface area contributed by atoms with Crippen LogP contribution in [0.5, 0.6) is 5.75 Å². The number of rotatable bonds is 6. The number of ether oxygens (including phenoxy) is 1. The second-order valence-electron chi connectivity index (χ2n) is 4.62. The molecule has 1 atom stereocenters. The maximum Gasteiger partial charge on any atom is 0.260 e. The molecule has 0 aliphatic heterocycles. The largest absolute Gasteiger partial charge is 0.481 e. The van der Waals surface area contributed by atoms with Gasteiger partial charge in [0.15, 0.2) is 6.10 Å². The van der Waals surface area contributed by atoms with Crippen LogP contribution in [0.2, 0.25) is 5.02 Å². The van der Waals surface area contributed by atoms with Crippen molar-refractivity contribution >= 4 is 17.5 Å². The molecule has 110 valence electrons. The normalized spacial score (nSPS) is 11.7. The van der Waals surface area contributed by atoms with Gasteiger partial charge >= 0.3 is 0 Å². The summed E-state index contributed by atoms with van der Waals surface area (Å²) in [5.74, 6) is 0.427. The summed E-state index contributed by atoms with van der Waals surface area (Å²) in [6, 6.07) is 10.8. The summed E-state index contributed by atoms with van der Waals surface area (Å²) in [4.78, 5) is 16.0. The van der Waals surface area contributed by atoms with Gasteiger partial charge in [-0.1, -0.05) is 23.7 Å². The second-order valence-corrected chi connectivity index (χ2v) is 5.06. The van der Waals surface area contributed by atoms with Gasteiger partial charge in [0, 0.05) is 24.0 Å². The van der Waals surface area contributed by atoms with E-state index in [1.807, 2.05) is 12.1 Å². The first-order chi connectivity index (χ1) is 10.1. The van der Waals surface area contributed by atoms with Gasteiger partial charge in [-0.3, -0.25) is 9.78 Å². The van der Waals surface area contributed by atoms with Crippen LogP contribution >= 0.6 is 11.6 Å². The summed E-state index contributed by atoms with van der Waals surface area (Å²) >= 11 is 5.87. The van der Waals surface area contributed by atoms with E-state index in [9.17, 15) is 4.79 Å². The topological polar surface area (TPSA) is 51.2 Å². The van der Waals surface area contributed by atoms with Gasteiger partial charge in [0.2, 0.25) is 0 Å². The molecule has 1 aromatic heterocycles. The van der Waals surface area contributed by atoms with Gasteiger partial charge in [-0.25, -0.2) is 0 Å². The summed E-state index contributed by atoms with van der Waals surface area (Å²) in [5.41, 5.74) is 1.08. The smallest absolute Gasteiger partial charge is 0.260 e. The average Bonchev–Trinajstić information content (AvgIpc) is 2.48. The number of pyridine rings is 1. The van der Waals surface area contributed by atoms with Crippen LogP contribution in [0.3, 0.4) is 0 Å². The molecule has 0 bridgehead atoms. The molecular weight excluding hydrogens is 288 g/mol. The Labute approximate surface area is 129 Å². The van der Waals surface area contributed by atoms with Crippen molar-refractivity contribution in [2.75, 3.05) is 6.54 Å². The summed E-state index contributed by atoms with van der Waals surface area (Å²) in [6.07, 6.45) is 3.68. The van der Waals surface area contributed by atoms with Crippen LogP contribution in [0.1, 0.15) is 12.5 Å². The quantitative estimate of drug-likeness (QED) is 0.893. The molecular formula is C16H17ClN2O2. The Morgan fingerprint density at radius 2 is 2.24 bits per heavy atom. The first-order valence-electron chi connectivity index (χ1n) is 6.74. The minimum atomic E-state index is -0.572. The Bertz CT molecular complexity index is 590. The number of nitrogens with one attached hydrogen (secondary N) is 1. The molecule has 0 unspecified atom stereocenters. The van der Waals surface area contributed by atoms with E-state index in [2.05, 4.69) is 10.3 Å². The fraction of sp³-hybridized carbons (Fsp3) is 0.250. The van der Waals surface area contributed by atoms with Crippen LogP contribution in [0.15, 0.2) is 48.8 Å². The molecule has 5 heteroatoms. The fourth-order valence-electron chi connectivity index (χ4n) is 1.82. The van der Waals surface area contributed by atoms with E-state index in [-0.39, 0.29) is 5.91 Å². The minimum Gasteiger partial charge on any atom is -0.481 e. The molecule has 0 aliphatic rings. The third kappa shape index (κ3) is 5.08. The molecule has 0 saturated carbocycles. The van der Waals surface area contributed by atoms with Crippen molar-refractivity contribution in [3.05, 3.63) is 59.4 Å². The van der Waals surface area contributed by atoms with Crippen molar-refractivity contribution in [1.82, 2.24) is 10.3 Å². The van der Waals surface area contributed by atoms with Gasteiger partial charge in [0.1, 0.15) is 5.75 Å². The van der Waals surface area contributed by atoms with Crippen molar-refractivity contribution in [3.8, 4) is 5.75 Å². The van der Waals surface area contributed by atoms with Crippen molar-refractivity contribution < 1.29 is 9.53 Å². The lowest BCUT2D eigenvalue weighted by Gasteiger charge is -2.14. The van der Waals surface area contributed by atoms with Crippen molar-refractivity contribution in [2.45, 2.75) is 19.4 Å². The van der Waals surface area contributed by atoms with Crippen LogP contribution < -0.4 is 10.1 Å². The molecule has 1 N–H and O–H groups in total. The Hall–Kier alpha value is -2.07. The first-order valence-corrected chi connectivity index (χ1v) is 7.12. The highest BCUT2D eigenvalue weighted by molar-refractivity contribution is 6.30. The number of amides is 1. The van der Waals surface area contributed by atoms with Gasteiger partial charge in [-0.2, -0.15) is 0 Å². The number of hydrogen-bond donors (Lipinski definition) is 1. The Kier molecular flexibility index (Phi) is 5.58. The highest BCUT2D eigenvalue weighted by Gasteiger charge is 2.14. The lowest BCUT2D eigenvalue weighted by molar-refractivity contribution is -0.127. The monoisotopic (exact) mass is 304 g/mol. The van der Waals surface area contributed by atoms with E-state index in [0.717, 1.165) is 12.0 Å². The lowest BCUT2D eigenvalue weighted by Crippen LogP contribution is -2.37. The number of benzene rings is 1. The van der Waals surface area contributed by atoms with E-state index in [0.29, 0.717) is 17.3 Å². The predicted molar refractivity (Wildman–Crippen MR) is 82.5 cm³/mol. The van der Waals surface area contributed by atoms with Crippen LogP contribution in [-0.4, -0.2) is 23.5 Å². The lowest BCUT2D eigenvalue weighted by atomic mass is 10.2. The molecule has 0 radical (unpaired) electrons. The molecule has 1 aromatic carbocycles. The van der Waals surface area contributed by atoms with Crippen molar-refractivity contribution in [2.24, 2.45) is 0 Å². The van der Waals surface area contributed by atoms with Gasteiger partial charge in [-0.05, 0) is 43.2 Å². The minimum absolute atomic E-state index is 0.154. The van der Waals surface area contributed by atoms with Crippen LogP contribution in [0.25, 0.3) is 0 Å². The molecule has 0 spiro atoms. The van der Waals surface area contributed by atoms with E-state index < -0.39 is 6.10 Å². The van der Waals surface area contributed by atoms with Crippen molar-refractivity contribution in [1.29, 1.82) is 0 Å². The molecule has 21 heavy (non-hydrogen) atoms. The molecule has 4 nitrogen and oxygen atoms in total. The Balaban J connectivity index is 1.77. The zero-order chi connectivity index (χ0) is 15.1. The number of carbonyl (C=O) groups excluding carboxylic acids is 1. The molecule has 1 heterocycles. The number of carbonyl (C=O) groups is 1. The Morgan fingerprint density at radius 1 is 1.38 bits per heavy atom. The summed E-state index contributed by atoms with van der Waals surface area (Å²) < 4.78 is 5.55. The number of aromatic nitrogens is 1. The second kappa shape index (κ2) is 7.64. The maximum absolute atomic E-state index is 11.9. The highest BCUT2D eigenvalue weighted by atomic mass is 35.5. The van der Waals surface area contributed by atoms with Gasteiger partial charge in [0.05, 0.1) is 0 Å². The molecule has 1 amide bonds. The van der Waals surface area contributed by atoms with Crippen molar-refractivity contribution in [3.63, 3.8) is 0 Å². The third-order valence-electron chi connectivity index (χ3n) is 2.91. The van der Waals surface area contributed by atoms with E-state index in [1.54, 1.807) is 43.6 Å². The number of hydrogen-bond acceptors (Lipinski definition) is 3. The van der Waals surface area contributed by atoms with E-state index in [1.165, 1.54) is 0 Å². The number of halogens is 1. The molecule has 0 aliphatic carbocycles. The molecule has 2 rings (SSSR count). The summed E-state index contributed by atoms with van der Waals surface area (Å²) in [7, 11) is 0. The third-order valence-corrected chi connectivity index (χ3v) is 3.15. The molecule has 0 fully saturated rings. The predicted octanol–water partition coefficient (Wildman–Crippen LogP) is 2.86. The standard InChI is InChI=1S/C16H17ClN2O2/c1-12(21-15-6-2-5-14(17)10-15)16(20)19-9-7-13-4-3-8-18-11-13/h2-6,8,10-12H,7,9H2,1H3,(H,19,20)/t12-/m1/s1. The molecule has 2 aromatic rings. The maximum atomic E-state index is 11.9. The summed E-state index contributed by atoms with van der Waals surface area (Å²) in [5, 5.41) is 3.42. The molecule has 0 saturated heterocycles. The first kappa shape index (κ1) is 15.3. The SMILES string of the molecule is C[C@@H](Oc1cccc(Cl)c1)C(=O)NCCc1cccnc1. The van der Waals surface area contributed by atoms with E-state index >= 15 is 0 Å². The zero-order valence-electron chi connectivity index (χ0n) is 11.8. The van der Waals surface area contributed by atoms with Crippen LogP contribution in [0.4, 0.5) is 0 Å². The number of nitrogens with zero attached hydrogens (tertiary/aromatic N) is 1. The zero-order valence-corrected chi connectivity index (χ0v) is 12.5. The van der Waals surface area contributed by atoms with E-state index in [4.69, 9.17) is 16.3 Å². The Morgan fingerprint density at radius 3 is 2.95 bits per heavy atom. The van der Waals surface area contributed by atoms with Crippen LogP contribution in [-0.2, 0) is 11.2 Å². The summed E-state index contributed by atoms with van der Waals surface area (Å²) in [6.45, 7) is 2.26. The van der Waals surface area contributed by atoms with Gasteiger partial charge in [-0.15, -0.1) is 0 Å².